The fraction of sp³-hybridized carbons (Fsp3) is 0.333. The summed E-state index contributed by atoms with van der Waals surface area (Å²) in [5.74, 6) is 5.60. The summed E-state index contributed by atoms with van der Waals surface area (Å²) in [5, 5.41) is 1.55. The first-order chi connectivity index (χ1) is 8.60. The molecule has 2 rings (SSSR count). The number of hydrogen-bond donors (Lipinski definition) is 2. The van der Waals surface area contributed by atoms with Crippen molar-refractivity contribution in [2.75, 3.05) is 0 Å². The van der Waals surface area contributed by atoms with Crippen molar-refractivity contribution in [3.63, 3.8) is 0 Å². The van der Waals surface area contributed by atoms with Gasteiger partial charge in [0.05, 0.1) is 16.7 Å². The van der Waals surface area contributed by atoms with Crippen molar-refractivity contribution in [2.24, 2.45) is 5.84 Å². The molecule has 2 aromatic heterocycles. The molecule has 96 valence electrons. The Bertz CT molecular complexity index is 504. The molecule has 0 aromatic carbocycles. The third-order valence-corrected chi connectivity index (χ3v) is 4.12. The van der Waals surface area contributed by atoms with Gasteiger partial charge in [0.15, 0.2) is 0 Å². The third kappa shape index (κ3) is 3.05. The number of aryl methyl sites for hydroxylation is 2. The molecule has 18 heavy (non-hydrogen) atoms. The predicted molar refractivity (Wildman–Crippen MR) is 74.6 cm³/mol. The van der Waals surface area contributed by atoms with Crippen LogP contribution in [0.4, 0.5) is 0 Å². The molecule has 1 atom stereocenters. The van der Waals surface area contributed by atoms with Crippen LogP contribution in [-0.2, 0) is 6.42 Å². The lowest BCUT2D eigenvalue weighted by Crippen LogP contribution is -2.29. The molecule has 6 heteroatoms. The van der Waals surface area contributed by atoms with E-state index in [1.54, 1.807) is 23.6 Å². The number of halogens is 1. The second-order valence-electron chi connectivity index (χ2n) is 4.09. The van der Waals surface area contributed by atoms with Gasteiger partial charge in [-0.1, -0.05) is 17.7 Å². The molecule has 1 unspecified atom stereocenters. The van der Waals surface area contributed by atoms with Crippen molar-refractivity contribution in [3.05, 3.63) is 44.6 Å². The molecule has 0 saturated heterocycles. The molecule has 0 spiro atoms. The topological polar surface area (TPSA) is 63.8 Å². The van der Waals surface area contributed by atoms with Gasteiger partial charge in [0.2, 0.25) is 0 Å². The van der Waals surface area contributed by atoms with E-state index in [2.05, 4.69) is 22.3 Å². The number of rotatable bonds is 4. The lowest BCUT2D eigenvalue weighted by molar-refractivity contribution is 0.549. The number of nitrogens with two attached hydrogens (primary N) is 1. The molecule has 0 bridgehead atoms. The summed E-state index contributed by atoms with van der Waals surface area (Å²) in [6.07, 6.45) is 2.49. The zero-order valence-corrected chi connectivity index (χ0v) is 11.8. The van der Waals surface area contributed by atoms with E-state index in [9.17, 15) is 0 Å². The maximum atomic E-state index is 5.77. The number of nitrogens with zero attached hydrogens (tertiary/aromatic N) is 2. The van der Waals surface area contributed by atoms with E-state index in [0.29, 0.717) is 5.15 Å². The highest BCUT2D eigenvalue weighted by molar-refractivity contribution is 7.11. The molecule has 2 heterocycles. The standard InChI is InChI=1S/C12H15ClN4S/c1-7-8(2)18-12(16-7)5-10(17-14)9-3-4-11(13)15-6-9/h3-4,6,10,17H,5,14H2,1-2H3. The highest BCUT2D eigenvalue weighted by atomic mass is 35.5. The van der Waals surface area contributed by atoms with Gasteiger partial charge in [-0.25, -0.2) is 9.97 Å². The average Bonchev–Trinajstić information content (AvgIpc) is 2.67. The lowest BCUT2D eigenvalue weighted by Gasteiger charge is -2.14. The Morgan fingerprint density at radius 1 is 1.44 bits per heavy atom. The average molecular weight is 283 g/mol. The van der Waals surface area contributed by atoms with E-state index >= 15 is 0 Å². The Labute approximate surface area is 115 Å². The number of hydrazine groups is 1. The minimum Gasteiger partial charge on any atom is -0.271 e. The van der Waals surface area contributed by atoms with Crippen LogP contribution in [0.3, 0.4) is 0 Å². The lowest BCUT2D eigenvalue weighted by atomic mass is 10.1. The summed E-state index contributed by atoms with van der Waals surface area (Å²) in [4.78, 5) is 9.83. The van der Waals surface area contributed by atoms with Crippen LogP contribution in [0.2, 0.25) is 5.15 Å². The van der Waals surface area contributed by atoms with E-state index in [-0.39, 0.29) is 6.04 Å². The fourth-order valence-corrected chi connectivity index (χ4v) is 2.76. The molecule has 0 aliphatic carbocycles. The second-order valence-corrected chi connectivity index (χ2v) is 5.76. The molecular formula is C12H15ClN4S. The van der Waals surface area contributed by atoms with E-state index in [0.717, 1.165) is 22.7 Å². The summed E-state index contributed by atoms with van der Waals surface area (Å²) in [6.45, 7) is 4.09. The van der Waals surface area contributed by atoms with Gasteiger partial charge in [-0.2, -0.15) is 0 Å². The molecule has 3 N–H and O–H groups in total. The van der Waals surface area contributed by atoms with Crippen LogP contribution in [0.5, 0.6) is 0 Å². The molecule has 0 amide bonds. The van der Waals surface area contributed by atoms with E-state index in [1.165, 1.54) is 4.88 Å². The van der Waals surface area contributed by atoms with Crippen molar-refractivity contribution < 1.29 is 0 Å². The van der Waals surface area contributed by atoms with Gasteiger partial charge in [0.1, 0.15) is 5.15 Å². The minimum absolute atomic E-state index is 0.000262. The fourth-order valence-electron chi connectivity index (χ4n) is 1.67. The molecule has 4 nitrogen and oxygen atoms in total. The van der Waals surface area contributed by atoms with Crippen molar-refractivity contribution in [2.45, 2.75) is 26.3 Å². The maximum absolute atomic E-state index is 5.77. The first-order valence-corrected chi connectivity index (χ1v) is 6.80. The van der Waals surface area contributed by atoms with Crippen LogP contribution in [0.25, 0.3) is 0 Å². The Morgan fingerprint density at radius 2 is 2.22 bits per heavy atom. The van der Waals surface area contributed by atoms with Gasteiger partial charge in [0.25, 0.3) is 0 Å². The van der Waals surface area contributed by atoms with Gasteiger partial charge in [0, 0.05) is 17.5 Å². The quantitative estimate of drug-likeness (QED) is 0.514. The van der Waals surface area contributed by atoms with Gasteiger partial charge in [-0.3, -0.25) is 11.3 Å². The van der Waals surface area contributed by atoms with Crippen molar-refractivity contribution >= 4 is 22.9 Å². The second kappa shape index (κ2) is 5.75. The van der Waals surface area contributed by atoms with Crippen LogP contribution in [0, 0.1) is 13.8 Å². The van der Waals surface area contributed by atoms with Crippen LogP contribution in [0.15, 0.2) is 18.3 Å². The molecule has 0 radical (unpaired) electrons. The monoisotopic (exact) mass is 282 g/mol. The largest absolute Gasteiger partial charge is 0.271 e. The maximum Gasteiger partial charge on any atom is 0.129 e. The highest BCUT2D eigenvalue weighted by Crippen LogP contribution is 2.23. The predicted octanol–water partition coefficient (Wildman–Crippen LogP) is 2.56. The van der Waals surface area contributed by atoms with Crippen LogP contribution in [-0.4, -0.2) is 9.97 Å². The summed E-state index contributed by atoms with van der Waals surface area (Å²) in [7, 11) is 0. The zero-order chi connectivity index (χ0) is 13.1. The summed E-state index contributed by atoms with van der Waals surface area (Å²) in [5.41, 5.74) is 4.89. The Hall–Kier alpha value is -1.01. The smallest absolute Gasteiger partial charge is 0.129 e. The number of nitrogens with one attached hydrogen (secondary N) is 1. The normalized spacial score (nSPS) is 12.7. The highest BCUT2D eigenvalue weighted by Gasteiger charge is 2.14. The molecule has 0 aliphatic heterocycles. The van der Waals surface area contributed by atoms with Gasteiger partial charge in [-0.15, -0.1) is 11.3 Å². The molecule has 0 saturated carbocycles. The van der Waals surface area contributed by atoms with Crippen molar-refractivity contribution in [1.82, 2.24) is 15.4 Å². The first kappa shape index (κ1) is 13.4. The van der Waals surface area contributed by atoms with E-state index in [4.69, 9.17) is 17.4 Å². The summed E-state index contributed by atoms with van der Waals surface area (Å²) < 4.78 is 0. The number of pyridine rings is 1. The van der Waals surface area contributed by atoms with Gasteiger partial charge >= 0.3 is 0 Å². The SMILES string of the molecule is Cc1nc(CC(NN)c2ccc(Cl)nc2)sc1C. The van der Waals surface area contributed by atoms with Gasteiger partial charge in [-0.05, 0) is 25.5 Å². The molecule has 2 aromatic rings. The number of hydrogen-bond acceptors (Lipinski definition) is 5. The molecule has 0 aliphatic rings. The van der Waals surface area contributed by atoms with Crippen LogP contribution < -0.4 is 11.3 Å². The Balaban J connectivity index is 2.16. The summed E-state index contributed by atoms with van der Waals surface area (Å²) >= 11 is 7.47. The van der Waals surface area contributed by atoms with Gasteiger partial charge < -0.3 is 0 Å². The molecule has 0 fully saturated rings. The zero-order valence-electron chi connectivity index (χ0n) is 10.3. The Kier molecular flexibility index (Phi) is 4.29. The summed E-state index contributed by atoms with van der Waals surface area (Å²) in [6, 6.07) is 3.69. The Morgan fingerprint density at radius 3 is 2.72 bits per heavy atom. The van der Waals surface area contributed by atoms with Crippen LogP contribution >= 0.6 is 22.9 Å². The first-order valence-electron chi connectivity index (χ1n) is 5.60. The third-order valence-electron chi connectivity index (χ3n) is 2.81. The molecular weight excluding hydrogens is 268 g/mol. The van der Waals surface area contributed by atoms with Crippen molar-refractivity contribution in [1.29, 1.82) is 0 Å². The minimum atomic E-state index is -0.000262. The van der Waals surface area contributed by atoms with E-state index < -0.39 is 0 Å². The van der Waals surface area contributed by atoms with E-state index in [1.807, 2.05) is 13.0 Å². The van der Waals surface area contributed by atoms with Crippen molar-refractivity contribution in [3.8, 4) is 0 Å². The number of thiazole rings is 1. The number of aromatic nitrogens is 2. The van der Waals surface area contributed by atoms with Crippen LogP contribution in [0.1, 0.15) is 27.2 Å².